The number of aryl methyl sites for hydroxylation is 1. The molecule has 0 aliphatic carbocycles. The largest absolute Gasteiger partial charge is 0.457 e. The van der Waals surface area contributed by atoms with Gasteiger partial charge >= 0.3 is 6.09 Å². The van der Waals surface area contributed by atoms with Gasteiger partial charge in [-0.3, -0.25) is 14.5 Å². The molecular weight excluding hydrogens is 562 g/mol. The van der Waals surface area contributed by atoms with Gasteiger partial charge in [0.05, 0.1) is 0 Å². The van der Waals surface area contributed by atoms with E-state index in [9.17, 15) is 14.4 Å². The SMILES string of the molecule is Cc1cc(Oc2ccccc2)ccc1N(C(=O)CCl)[C@H](C(=O)N1CCN(C(=O)OC(C)(C)C)[C@H](C)C1)C1CC=CS1. The van der Waals surface area contributed by atoms with Crippen molar-refractivity contribution in [1.29, 1.82) is 0 Å². The number of ether oxygens (including phenoxy) is 2. The highest BCUT2D eigenvalue weighted by Gasteiger charge is 2.43. The summed E-state index contributed by atoms with van der Waals surface area (Å²) in [6, 6.07) is 13.9. The average molecular weight is 600 g/mol. The molecule has 3 amide bonds. The van der Waals surface area contributed by atoms with E-state index in [1.165, 1.54) is 0 Å². The number of piperazine rings is 1. The quantitative estimate of drug-likeness (QED) is 0.352. The summed E-state index contributed by atoms with van der Waals surface area (Å²) < 4.78 is 11.6. The number of nitrogens with zero attached hydrogens (tertiary/aromatic N) is 3. The Hall–Kier alpha value is -3.17. The summed E-state index contributed by atoms with van der Waals surface area (Å²) in [5, 5.41) is 1.80. The number of hydrogen-bond acceptors (Lipinski definition) is 6. The van der Waals surface area contributed by atoms with Gasteiger partial charge in [0.1, 0.15) is 29.0 Å². The van der Waals surface area contributed by atoms with Crippen molar-refractivity contribution in [3.05, 3.63) is 65.6 Å². The number of rotatable bonds is 7. The minimum Gasteiger partial charge on any atom is -0.457 e. The Morgan fingerprint density at radius 1 is 1.10 bits per heavy atom. The first-order chi connectivity index (χ1) is 19.5. The van der Waals surface area contributed by atoms with Gasteiger partial charge in [0.25, 0.3) is 0 Å². The number of hydrogen-bond donors (Lipinski definition) is 0. The van der Waals surface area contributed by atoms with Crippen LogP contribution in [0.25, 0.3) is 0 Å². The Labute approximate surface area is 251 Å². The van der Waals surface area contributed by atoms with Gasteiger partial charge in [-0.25, -0.2) is 4.79 Å². The van der Waals surface area contributed by atoms with E-state index in [2.05, 4.69) is 0 Å². The number of allylic oxidation sites excluding steroid dienone is 1. The molecule has 4 rings (SSSR count). The number of thioether (sulfide) groups is 1. The molecule has 0 saturated carbocycles. The first-order valence-electron chi connectivity index (χ1n) is 13.8. The lowest BCUT2D eigenvalue weighted by molar-refractivity contribution is -0.137. The van der Waals surface area contributed by atoms with Gasteiger partial charge in [-0.15, -0.1) is 23.4 Å². The molecule has 2 heterocycles. The van der Waals surface area contributed by atoms with E-state index in [1.54, 1.807) is 32.5 Å². The van der Waals surface area contributed by atoms with Gasteiger partial charge in [0.15, 0.2) is 0 Å². The number of anilines is 1. The zero-order chi connectivity index (χ0) is 29.7. The molecule has 0 aromatic heterocycles. The number of carbonyl (C=O) groups excluding carboxylic acids is 3. The summed E-state index contributed by atoms with van der Waals surface area (Å²) in [4.78, 5) is 45.5. The second-order valence-electron chi connectivity index (χ2n) is 11.3. The highest BCUT2D eigenvalue weighted by atomic mass is 35.5. The van der Waals surface area contributed by atoms with Crippen LogP contribution in [-0.4, -0.2) is 76.2 Å². The molecule has 1 unspecified atom stereocenters. The van der Waals surface area contributed by atoms with Gasteiger partial charge in [0, 0.05) is 36.6 Å². The lowest BCUT2D eigenvalue weighted by atomic mass is 10.0. The van der Waals surface area contributed by atoms with Crippen LogP contribution in [0.5, 0.6) is 11.5 Å². The van der Waals surface area contributed by atoms with Crippen molar-refractivity contribution in [3.63, 3.8) is 0 Å². The predicted octanol–water partition coefficient (Wildman–Crippen LogP) is 6.21. The predicted molar refractivity (Wildman–Crippen MR) is 164 cm³/mol. The number of amides is 3. The Bertz CT molecular complexity index is 1270. The van der Waals surface area contributed by atoms with Gasteiger partial charge < -0.3 is 19.3 Å². The van der Waals surface area contributed by atoms with E-state index in [-0.39, 0.29) is 29.0 Å². The minimum atomic E-state index is -0.777. The van der Waals surface area contributed by atoms with E-state index in [0.29, 0.717) is 43.2 Å². The summed E-state index contributed by atoms with van der Waals surface area (Å²) in [5.41, 5.74) is 0.792. The molecule has 2 aromatic rings. The molecule has 220 valence electrons. The van der Waals surface area contributed by atoms with Crippen LogP contribution in [0.15, 0.2) is 60.0 Å². The van der Waals surface area contributed by atoms with Crippen molar-refractivity contribution < 1.29 is 23.9 Å². The summed E-state index contributed by atoms with van der Waals surface area (Å²) >= 11 is 7.68. The summed E-state index contributed by atoms with van der Waals surface area (Å²) in [7, 11) is 0. The third-order valence-corrected chi connectivity index (χ3v) is 8.34. The molecule has 3 atom stereocenters. The maximum atomic E-state index is 14.3. The lowest BCUT2D eigenvalue weighted by Crippen LogP contribution is -2.62. The van der Waals surface area contributed by atoms with Crippen molar-refractivity contribution in [3.8, 4) is 11.5 Å². The second-order valence-corrected chi connectivity index (χ2v) is 12.7. The van der Waals surface area contributed by atoms with Crippen molar-refractivity contribution in [2.45, 2.75) is 64.0 Å². The Kier molecular flexibility index (Phi) is 9.92. The molecule has 2 aromatic carbocycles. The minimum absolute atomic E-state index is 0.163. The number of halogens is 1. The van der Waals surface area contributed by atoms with Crippen molar-refractivity contribution >= 4 is 47.0 Å². The number of benzene rings is 2. The third-order valence-electron chi connectivity index (χ3n) is 6.96. The number of carbonyl (C=O) groups is 3. The Balaban J connectivity index is 1.60. The second kappa shape index (κ2) is 13.2. The van der Waals surface area contributed by atoms with Crippen molar-refractivity contribution in [2.24, 2.45) is 0 Å². The first kappa shape index (κ1) is 30.8. The van der Waals surface area contributed by atoms with Crippen LogP contribution in [0.3, 0.4) is 0 Å². The average Bonchev–Trinajstić information content (AvgIpc) is 3.45. The molecule has 8 nitrogen and oxygen atoms in total. The van der Waals surface area contributed by atoms with Crippen LogP contribution in [0.4, 0.5) is 10.5 Å². The first-order valence-corrected chi connectivity index (χ1v) is 15.3. The normalized spacial score (nSPS) is 19.6. The molecule has 2 aliphatic rings. The fourth-order valence-corrected chi connectivity index (χ4v) is 6.23. The van der Waals surface area contributed by atoms with Crippen LogP contribution in [0.2, 0.25) is 0 Å². The molecule has 0 bridgehead atoms. The highest BCUT2D eigenvalue weighted by Crippen LogP contribution is 2.36. The zero-order valence-corrected chi connectivity index (χ0v) is 25.8. The Morgan fingerprint density at radius 3 is 2.41 bits per heavy atom. The number of para-hydroxylation sites is 1. The van der Waals surface area contributed by atoms with Gasteiger partial charge in [0.2, 0.25) is 11.8 Å². The molecule has 41 heavy (non-hydrogen) atoms. The van der Waals surface area contributed by atoms with Crippen LogP contribution in [0, 0.1) is 6.92 Å². The maximum Gasteiger partial charge on any atom is 0.410 e. The summed E-state index contributed by atoms with van der Waals surface area (Å²) in [6.07, 6.45) is 2.28. The fourth-order valence-electron chi connectivity index (χ4n) is 5.07. The molecule has 0 N–H and O–H groups in total. The summed E-state index contributed by atoms with van der Waals surface area (Å²) in [6.45, 7) is 10.3. The van der Waals surface area contributed by atoms with Crippen LogP contribution in [-0.2, 0) is 14.3 Å². The molecule has 0 spiro atoms. The van der Waals surface area contributed by atoms with Gasteiger partial charge in [-0.05, 0) is 82.3 Å². The molecule has 2 aliphatic heterocycles. The molecule has 10 heteroatoms. The van der Waals surface area contributed by atoms with E-state index >= 15 is 0 Å². The number of alkyl halides is 1. The van der Waals surface area contributed by atoms with Crippen LogP contribution >= 0.6 is 23.4 Å². The van der Waals surface area contributed by atoms with E-state index in [0.717, 1.165) is 5.56 Å². The molecule has 0 radical (unpaired) electrons. The van der Waals surface area contributed by atoms with E-state index in [1.807, 2.05) is 88.6 Å². The van der Waals surface area contributed by atoms with Gasteiger partial charge in [-0.2, -0.15) is 0 Å². The van der Waals surface area contributed by atoms with Crippen molar-refractivity contribution in [1.82, 2.24) is 9.80 Å². The lowest BCUT2D eigenvalue weighted by Gasteiger charge is -2.43. The van der Waals surface area contributed by atoms with Crippen LogP contribution in [0.1, 0.15) is 39.7 Å². The zero-order valence-electron chi connectivity index (χ0n) is 24.2. The molecule has 1 saturated heterocycles. The third kappa shape index (κ3) is 7.57. The van der Waals surface area contributed by atoms with E-state index in [4.69, 9.17) is 21.1 Å². The highest BCUT2D eigenvalue weighted by molar-refractivity contribution is 8.03. The van der Waals surface area contributed by atoms with Gasteiger partial charge in [-0.1, -0.05) is 24.3 Å². The van der Waals surface area contributed by atoms with E-state index < -0.39 is 17.7 Å². The van der Waals surface area contributed by atoms with Crippen molar-refractivity contribution in [2.75, 3.05) is 30.4 Å². The standard InChI is InChI=1S/C31H38ClN3O5S/c1-21-18-24(39-23-10-7-6-8-11-23)13-14-25(21)35(27(36)19-32)28(26-12-9-17-41-26)29(37)33-15-16-34(22(2)20-33)30(38)40-31(3,4)5/h6-11,13-14,17-18,22,26,28H,12,15-16,19-20H2,1-5H3/t22-,26?,28+/m1/s1. The summed E-state index contributed by atoms with van der Waals surface area (Å²) in [5.74, 6) is 0.554. The maximum absolute atomic E-state index is 14.3. The Morgan fingerprint density at radius 2 is 1.83 bits per heavy atom. The monoisotopic (exact) mass is 599 g/mol. The topological polar surface area (TPSA) is 79.4 Å². The molecule has 1 fully saturated rings. The molecular formula is C31H38ClN3O5S. The smallest absolute Gasteiger partial charge is 0.410 e. The fraction of sp³-hybridized carbons (Fsp3) is 0.452. The van der Waals surface area contributed by atoms with Crippen LogP contribution < -0.4 is 9.64 Å².